The van der Waals surface area contributed by atoms with E-state index in [9.17, 15) is 9.59 Å². The van der Waals surface area contributed by atoms with Gasteiger partial charge in [0.2, 0.25) is 0 Å². The minimum absolute atomic E-state index is 0.0638. The van der Waals surface area contributed by atoms with E-state index in [1.54, 1.807) is 41.1 Å². The first kappa shape index (κ1) is 17.6. The molecule has 1 heterocycles. The van der Waals surface area contributed by atoms with Gasteiger partial charge in [0.15, 0.2) is 5.78 Å². The zero-order valence-corrected chi connectivity index (χ0v) is 15.1. The highest BCUT2D eigenvalue weighted by Gasteiger charge is 2.14. The van der Waals surface area contributed by atoms with Gasteiger partial charge < -0.3 is 5.32 Å². The zero-order chi connectivity index (χ0) is 18.7. The maximum Gasteiger partial charge on any atom is 0.256 e. The molecule has 0 saturated carbocycles. The molecule has 5 nitrogen and oxygen atoms in total. The second-order valence-electron chi connectivity index (χ2n) is 6.44. The monoisotopic (exact) mass is 347 g/mol. The van der Waals surface area contributed by atoms with Crippen molar-refractivity contribution in [3.8, 4) is 0 Å². The third-order valence-corrected chi connectivity index (χ3v) is 4.03. The largest absolute Gasteiger partial charge is 0.307 e. The van der Waals surface area contributed by atoms with Crippen LogP contribution in [0.15, 0.2) is 60.7 Å². The molecule has 2 aromatic carbocycles. The summed E-state index contributed by atoms with van der Waals surface area (Å²) in [5.41, 5.74) is 2.51. The van der Waals surface area contributed by atoms with Crippen LogP contribution in [0.4, 0.5) is 5.82 Å². The molecule has 1 N–H and O–H groups in total. The van der Waals surface area contributed by atoms with Gasteiger partial charge in [-0.15, -0.1) is 0 Å². The van der Waals surface area contributed by atoms with E-state index >= 15 is 0 Å². The molecule has 0 spiro atoms. The number of carbonyl (C=O) groups is 2. The Kier molecular flexibility index (Phi) is 4.98. The average molecular weight is 347 g/mol. The van der Waals surface area contributed by atoms with Crippen molar-refractivity contribution in [2.24, 2.45) is 0 Å². The molecule has 0 saturated heterocycles. The van der Waals surface area contributed by atoms with E-state index in [1.807, 2.05) is 45.0 Å². The van der Waals surface area contributed by atoms with Gasteiger partial charge in [0.05, 0.1) is 5.69 Å². The van der Waals surface area contributed by atoms with Crippen molar-refractivity contribution in [1.29, 1.82) is 0 Å². The van der Waals surface area contributed by atoms with Crippen LogP contribution in [0.25, 0.3) is 0 Å². The minimum atomic E-state index is -0.231. The average Bonchev–Trinajstić information content (AvgIpc) is 3.02. The van der Waals surface area contributed by atoms with E-state index in [2.05, 4.69) is 10.4 Å². The molecule has 5 heteroatoms. The van der Waals surface area contributed by atoms with Crippen molar-refractivity contribution >= 4 is 17.5 Å². The third kappa shape index (κ3) is 3.72. The van der Waals surface area contributed by atoms with E-state index < -0.39 is 0 Å². The molecular weight excluding hydrogens is 326 g/mol. The first-order valence-electron chi connectivity index (χ1n) is 8.53. The fourth-order valence-corrected chi connectivity index (χ4v) is 2.72. The van der Waals surface area contributed by atoms with Crippen LogP contribution >= 0.6 is 0 Å². The fraction of sp³-hybridized carbons (Fsp3) is 0.190. The summed E-state index contributed by atoms with van der Waals surface area (Å²) in [7, 11) is 0. The number of hydrogen-bond donors (Lipinski definition) is 1. The van der Waals surface area contributed by atoms with Gasteiger partial charge >= 0.3 is 0 Å². The van der Waals surface area contributed by atoms with Gasteiger partial charge in [0, 0.05) is 28.8 Å². The lowest BCUT2D eigenvalue weighted by atomic mass is 10.0. The highest BCUT2D eigenvalue weighted by molar-refractivity contribution is 6.10. The van der Waals surface area contributed by atoms with Crippen LogP contribution in [0.1, 0.15) is 51.9 Å². The summed E-state index contributed by atoms with van der Waals surface area (Å²) in [5.74, 6) is 0.364. The van der Waals surface area contributed by atoms with Crippen LogP contribution in [0.3, 0.4) is 0 Å². The normalized spacial score (nSPS) is 10.8. The molecular formula is C21H21N3O2. The lowest BCUT2D eigenvalue weighted by Gasteiger charge is -2.12. The summed E-state index contributed by atoms with van der Waals surface area (Å²) in [5, 5.41) is 7.27. The molecule has 132 valence electrons. The maximum atomic E-state index is 12.5. The SMILES string of the molecule is Cc1cc(NC(=O)c2ccc(C(=O)c3ccccc3)cc2)n(C(C)C)n1. The van der Waals surface area contributed by atoms with Crippen LogP contribution in [0, 0.1) is 6.92 Å². The standard InChI is InChI=1S/C21H21N3O2/c1-14(2)24-19(13-15(3)23-24)22-21(26)18-11-9-17(10-12-18)20(25)16-7-5-4-6-8-16/h4-14H,1-3H3,(H,22,26). The summed E-state index contributed by atoms with van der Waals surface area (Å²) in [4.78, 5) is 24.9. The number of amides is 1. The lowest BCUT2D eigenvalue weighted by Crippen LogP contribution is -2.16. The highest BCUT2D eigenvalue weighted by Crippen LogP contribution is 2.17. The predicted molar refractivity (Wildman–Crippen MR) is 102 cm³/mol. The molecule has 1 amide bonds. The Hall–Kier alpha value is -3.21. The number of nitrogens with one attached hydrogen (secondary N) is 1. The molecule has 0 aliphatic rings. The molecule has 3 rings (SSSR count). The zero-order valence-electron chi connectivity index (χ0n) is 15.1. The first-order valence-corrected chi connectivity index (χ1v) is 8.53. The summed E-state index contributed by atoms with van der Waals surface area (Å²) in [6, 6.07) is 17.7. The molecule has 0 fully saturated rings. The molecule has 0 aliphatic heterocycles. The second kappa shape index (κ2) is 7.35. The molecule has 0 radical (unpaired) electrons. The molecule has 3 aromatic rings. The second-order valence-corrected chi connectivity index (χ2v) is 6.44. The molecule has 26 heavy (non-hydrogen) atoms. The van der Waals surface area contributed by atoms with Crippen LogP contribution in [-0.4, -0.2) is 21.5 Å². The van der Waals surface area contributed by atoms with Crippen LogP contribution in [0.5, 0.6) is 0 Å². The molecule has 1 aromatic heterocycles. The third-order valence-electron chi connectivity index (χ3n) is 4.03. The van der Waals surface area contributed by atoms with Crippen molar-refractivity contribution in [2.45, 2.75) is 26.8 Å². The molecule has 0 bridgehead atoms. The number of aryl methyl sites for hydroxylation is 1. The smallest absolute Gasteiger partial charge is 0.256 e. The van der Waals surface area contributed by atoms with Crippen molar-refractivity contribution in [1.82, 2.24) is 9.78 Å². The Morgan fingerprint density at radius 1 is 0.923 bits per heavy atom. The van der Waals surface area contributed by atoms with Gasteiger partial charge in [-0.05, 0) is 32.9 Å². The van der Waals surface area contributed by atoms with Crippen LogP contribution < -0.4 is 5.32 Å². The number of rotatable bonds is 5. The van der Waals surface area contributed by atoms with Crippen molar-refractivity contribution in [2.75, 3.05) is 5.32 Å². The lowest BCUT2D eigenvalue weighted by molar-refractivity contribution is 0.101. The molecule has 0 unspecified atom stereocenters. The van der Waals surface area contributed by atoms with E-state index in [4.69, 9.17) is 0 Å². The van der Waals surface area contributed by atoms with Gasteiger partial charge in [-0.25, -0.2) is 4.68 Å². The topological polar surface area (TPSA) is 64.0 Å². The Balaban J connectivity index is 1.76. The fourth-order valence-electron chi connectivity index (χ4n) is 2.72. The maximum absolute atomic E-state index is 12.5. The number of aromatic nitrogens is 2. The number of ketones is 1. The number of nitrogens with zero attached hydrogens (tertiary/aromatic N) is 2. The number of benzene rings is 2. The summed E-state index contributed by atoms with van der Waals surface area (Å²) in [6.45, 7) is 5.90. The number of hydrogen-bond acceptors (Lipinski definition) is 3. The van der Waals surface area contributed by atoms with Gasteiger partial charge in [0.1, 0.15) is 5.82 Å². The highest BCUT2D eigenvalue weighted by atomic mass is 16.1. The van der Waals surface area contributed by atoms with E-state index in [0.717, 1.165) is 5.69 Å². The van der Waals surface area contributed by atoms with E-state index in [1.165, 1.54) is 0 Å². The van der Waals surface area contributed by atoms with Gasteiger partial charge in [-0.3, -0.25) is 9.59 Å². The van der Waals surface area contributed by atoms with Crippen molar-refractivity contribution in [3.63, 3.8) is 0 Å². The number of carbonyl (C=O) groups excluding carboxylic acids is 2. The predicted octanol–water partition coefficient (Wildman–Crippen LogP) is 4.26. The molecule has 0 aliphatic carbocycles. The van der Waals surface area contributed by atoms with Crippen molar-refractivity contribution in [3.05, 3.63) is 83.0 Å². The van der Waals surface area contributed by atoms with Crippen LogP contribution in [0.2, 0.25) is 0 Å². The van der Waals surface area contributed by atoms with Gasteiger partial charge in [-0.1, -0.05) is 42.5 Å². The Labute approximate surface area is 152 Å². The quantitative estimate of drug-likeness (QED) is 0.702. The van der Waals surface area contributed by atoms with E-state index in [-0.39, 0.29) is 17.7 Å². The first-order chi connectivity index (χ1) is 12.5. The number of anilines is 1. The molecule has 0 atom stereocenters. The van der Waals surface area contributed by atoms with Crippen LogP contribution in [-0.2, 0) is 0 Å². The Morgan fingerprint density at radius 2 is 1.50 bits per heavy atom. The summed E-state index contributed by atoms with van der Waals surface area (Å²) in [6.07, 6.45) is 0. The van der Waals surface area contributed by atoms with Gasteiger partial charge in [0.25, 0.3) is 5.91 Å². The van der Waals surface area contributed by atoms with Crippen molar-refractivity contribution < 1.29 is 9.59 Å². The minimum Gasteiger partial charge on any atom is -0.307 e. The van der Waals surface area contributed by atoms with Gasteiger partial charge in [-0.2, -0.15) is 5.10 Å². The Bertz CT molecular complexity index is 926. The summed E-state index contributed by atoms with van der Waals surface area (Å²) >= 11 is 0. The Morgan fingerprint density at radius 3 is 2.12 bits per heavy atom. The van der Waals surface area contributed by atoms with E-state index in [0.29, 0.717) is 22.5 Å². The summed E-state index contributed by atoms with van der Waals surface area (Å²) < 4.78 is 1.78.